The molecule has 0 bridgehead atoms. The van der Waals surface area contributed by atoms with Crippen molar-refractivity contribution in [2.24, 2.45) is 28.6 Å². The van der Waals surface area contributed by atoms with Crippen molar-refractivity contribution in [2.45, 2.75) is 90.1 Å². The number of fused-ring (bicyclic) bond motifs is 2. The molecule has 7 heteroatoms. The molecule has 0 radical (unpaired) electrons. The van der Waals surface area contributed by atoms with E-state index in [2.05, 4.69) is 26.8 Å². The normalized spacial score (nSPS) is 45.4. The zero-order valence-electron chi connectivity index (χ0n) is 18.6. The number of carbonyl (C=O) groups excluding carboxylic acids is 1. The van der Waals surface area contributed by atoms with Crippen LogP contribution in [-0.2, 0) is 23.2 Å². The van der Waals surface area contributed by atoms with E-state index < -0.39 is 5.79 Å². The molecular weight excluding hydrogens is 404 g/mol. The highest BCUT2D eigenvalue weighted by Gasteiger charge is 2.67. The van der Waals surface area contributed by atoms with Gasteiger partial charge in [-0.25, -0.2) is 0 Å². The van der Waals surface area contributed by atoms with E-state index in [1.807, 2.05) is 0 Å². The van der Waals surface area contributed by atoms with E-state index in [4.69, 9.17) is 18.4 Å². The lowest BCUT2D eigenvalue weighted by Gasteiger charge is -2.57. The van der Waals surface area contributed by atoms with Crippen molar-refractivity contribution >= 4 is 18.9 Å². The molecule has 4 aliphatic rings. The maximum absolute atomic E-state index is 12.2. The minimum absolute atomic E-state index is 0.0138. The van der Waals surface area contributed by atoms with Crippen molar-refractivity contribution < 1.29 is 28.3 Å². The molecular formula is C23H38O6S. The molecule has 1 spiro atoms. The molecule has 0 unspecified atom stereocenters. The minimum Gasteiger partial charge on any atom is -0.462 e. The number of aliphatic hydroxyl groups is 1. The quantitative estimate of drug-likeness (QED) is 0.382. The van der Waals surface area contributed by atoms with Gasteiger partial charge in [-0.1, -0.05) is 13.8 Å². The van der Waals surface area contributed by atoms with Crippen molar-refractivity contribution in [3.8, 4) is 0 Å². The standard InChI is InChI=1S/C23H38O6S/c1-15(25)28-20-18(21(2)8-4-17(29-30)14-16(21)7-11-24)5-9-22(3)19(20)6-10-23(22)26-12-13-27-23/h16-20,24,30H,4-14H2,1-3H3/t16-,17-,18-,19-,20+,21-,22-/m0/s1. The molecule has 1 saturated heterocycles. The Morgan fingerprint density at radius 3 is 2.43 bits per heavy atom. The van der Waals surface area contributed by atoms with Crippen molar-refractivity contribution in [3.05, 3.63) is 0 Å². The predicted molar refractivity (Wildman–Crippen MR) is 115 cm³/mol. The molecule has 7 atom stereocenters. The van der Waals surface area contributed by atoms with Gasteiger partial charge in [-0.2, -0.15) is 0 Å². The van der Waals surface area contributed by atoms with E-state index in [1.54, 1.807) is 0 Å². The van der Waals surface area contributed by atoms with Gasteiger partial charge in [0.25, 0.3) is 0 Å². The third-order valence-corrected chi connectivity index (χ3v) is 9.55. The fourth-order valence-electron chi connectivity index (χ4n) is 7.59. The van der Waals surface area contributed by atoms with E-state index in [9.17, 15) is 9.90 Å². The second-order valence-electron chi connectivity index (χ2n) is 10.4. The van der Waals surface area contributed by atoms with Gasteiger partial charge in [0.1, 0.15) is 6.10 Å². The Morgan fingerprint density at radius 2 is 1.80 bits per heavy atom. The summed E-state index contributed by atoms with van der Waals surface area (Å²) in [4.78, 5) is 12.2. The second kappa shape index (κ2) is 8.54. The molecule has 0 aromatic carbocycles. The topological polar surface area (TPSA) is 74.2 Å². The summed E-state index contributed by atoms with van der Waals surface area (Å²) in [5.41, 5.74) is -0.158. The van der Waals surface area contributed by atoms with Gasteiger partial charge in [-0.15, -0.1) is 0 Å². The van der Waals surface area contributed by atoms with Gasteiger partial charge in [-0.05, 0) is 69.2 Å². The number of ether oxygens (including phenoxy) is 3. The Kier molecular flexibility index (Phi) is 6.50. The molecule has 0 aromatic heterocycles. The maximum Gasteiger partial charge on any atom is 0.302 e. The summed E-state index contributed by atoms with van der Waals surface area (Å²) in [6.45, 7) is 7.60. The molecule has 3 saturated carbocycles. The Bertz CT molecular complexity index is 637. The lowest BCUT2D eigenvalue weighted by atomic mass is 9.51. The highest BCUT2D eigenvalue weighted by Crippen LogP contribution is 2.65. The summed E-state index contributed by atoms with van der Waals surface area (Å²) in [6, 6.07) is 0. The first-order valence-corrected chi connectivity index (χ1v) is 12.0. The van der Waals surface area contributed by atoms with Crippen LogP contribution in [-0.4, -0.2) is 48.9 Å². The fourth-order valence-corrected chi connectivity index (χ4v) is 7.78. The van der Waals surface area contributed by atoms with E-state index in [0.29, 0.717) is 19.1 Å². The summed E-state index contributed by atoms with van der Waals surface area (Å²) in [6.07, 6.45) is 7.35. The monoisotopic (exact) mass is 442 g/mol. The summed E-state index contributed by atoms with van der Waals surface area (Å²) < 4.78 is 23.9. The number of hydrogen-bond donors (Lipinski definition) is 2. The molecule has 4 rings (SSSR count). The largest absolute Gasteiger partial charge is 0.462 e. The third-order valence-electron chi connectivity index (χ3n) is 9.26. The Balaban J connectivity index is 1.65. The Morgan fingerprint density at radius 1 is 1.10 bits per heavy atom. The second-order valence-corrected chi connectivity index (χ2v) is 10.7. The molecule has 6 nitrogen and oxygen atoms in total. The molecule has 3 aliphatic carbocycles. The highest BCUT2D eigenvalue weighted by molar-refractivity contribution is 7.75. The van der Waals surface area contributed by atoms with Crippen molar-refractivity contribution in [2.75, 3.05) is 19.8 Å². The number of thiol groups is 1. The summed E-state index contributed by atoms with van der Waals surface area (Å²) in [7, 11) is 0. The van der Waals surface area contributed by atoms with Gasteiger partial charge in [-0.3, -0.25) is 4.79 Å². The number of hydrogen-bond acceptors (Lipinski definition) is 7. The maximum atomic E-state index is 12.2. The van der Waals surface area contributed by atoms with E-state index in [0.717, 1.165) is 51.4 Å². The van der Waals surface area contributed by atoms with Crippen LogP contribution in [0.15, 0.2) is 0 Å². The molecule has 30 heavy (non-hydrogen) atoms. The highest BCUT2D eigenvalue weighted by atomic mass is 32.1. The third kappa shape index (κ3) is 3.53. The van der Waals surface area contributed by atoms with Crippen LogP contribution >= 0.6 is 12.9 Å². The van der Waals surface area contributed by atoms with Crippen LogP contribution in [0.4, 0.5) is 0 Å². The molecule has 172 valence electrons. The minimum atomic E-state index is -0.524. The number of rotatable bonds is 5. The first kappa shape index (κ1) is 22.8. The molecule has 0 amide bonds. The molecule has 1 aliphatic heterocycles. The fraction of sp³-hybridized carbons (Fsp3) is 0.957. The molecule has 4 fully saturated rings. The number of carbonyl (C=O) groups is 1. The van der Waals surface area contributed by atoms with Crippen LogP contribution in [0.2, 0.25) is 0 Å². The zero-order valence-corrected chi connectivity index (χ0v) is 19.5. The van der Waals surface area contributed by atoms with Gasteiger partial charge in [0, 0.05) is 37.2 Å². The first-order chi connectivity index (χ1) is 14.3. The van der Waals surface area contributed by atoms with Crippen LogP contribution in [0.3, 0.4) is 0 Å². The lowest BCUT2D eigenvalue weighted by Crippen LogP contribution is -2.58. The van der Waals surface area contributed by atoms with Gasteiger partial charge in [0.15, 0.2) is 5.79 Å². The lowest BCUT2D eigenvalue weighted by molar-refractivity contribution is -0.252. The predicted octanol–water partition coefficient (Wildman–Crippen LogP) is 3.91. The van der Waals surface area contributed by atoms with Gasteiger partial charge >= 0.3 is 5.97 Å². The van der Waals surface area contributed by atoms with Crippen LogP contribution in [0.1, 0.15) is 72.1 Å². The molecule has 1 heterocycles. The first-order valence-electron chi connectivity index (χ1n) is 11.7. The summed E-state index contributed by atoms with van der Waals surface area (Å²) in [5, 5.41) is 9.77. The Hall–Kier alpha value is -0.340. The SMILES string of the molecule is CC(=O)O[C@@H]1[C@@H]([C@@]2(C)CC[C@H](OS)C[C@@H]2CCO)CC[C@@]2(C)[C@H]1CCC21OCCO1. The van der Waals surface area contributed by atoms with Crippen LogP contribution < -0.4 is 0 Å². The summed E-state index contributed by atoms with van der Waals surface area (Å²) >= 11 is 4.07. The van der Waals surface area contributed by atoms with Crippen LogP contribution in [0.5, 0.6) is 0 Å². The van der Waals surface area contributed by atoms with Gasteiger partial charge < -0.3 is 23.5 Å². The smallest absolute Gasteiger partial charge is 0.302 e. The van der Waals surface area contributed by atoms with Crippen molar-refractivity contribution in [1.29, 1.82) is 0 Å². The summed E-state index contributed by atoms with van der Waals surface area (Å²) in [5.74, 6) is 0.0645. The van der Waals surface area contributed by atoms with Gasteiger partial charge in [0.05, 0.1) is 19.3 Å². The number of aliphatic hydroxyl groups excluding tert-OH is 1. The molecule has 0 aromatic rings. The van der Waals surface area contributed by atoms with Crippen LogP contribution in [0.25, 0.3) is 0 Å². The van der Waals surface area contributed by atoms with E-state index in [1.165, 1.54) is 6.92 Å². The van der Waals surface area contributed by atoms with Crippen molar-refractivity contribution in [3.63, 3.8) is 0 Å². The van der Waals surface area contributed by atoms with E-state index in [-0.39, 0.29) is 47.4 Å². The van der Waals surface area contributed by atoms with E-state index >= 15 is 0 Å². The van der Waals surface area contributed by atoms with Crippen LogP contribution in [0, 0.1) is 28.6 Å². The molecule has 1 N–H and O–H groups in total. The average Bonchev–Trinajstić information content (AvgIpc) is 3.30. The number of esters is 1. The average molecular weight is 443 g/mol. The Labute approximate surface area is 186 Å². The van der Waals surface area contributed by atoms with Gasteiger partial charge in [0.2, 0.25) is 0 Å². The van der Waals surface area contributed by atoms with Crippen molar-refractivity contribution in [1.82, 2.24) is 0 Å². The zero-order chi connectivity index (χ0) is 21.6.